The third kappa shape index (κ3) is 2.88. The van der Waals surface area contributed by atoms with Crippen LogP contribution >= 0.6 is 0 Å². The summed E-state index contributed by atoms with van der Waals surface area (Å²) in [5.41, 5.74) is 2.11. The van der Waals surface area contributed by atoms with Crippen LogP contribution < -0.4 is 0 Å². The Kier molecular flexibility index (Phi) is 3.65. The highest BCUT2D eigenvalue weighted by atomic mass is 16.4. The van der Waals surface area contributed by atoms with E-state index in [0.29, 0.717) is 25.9 Å². The molecule has 2 rings (SSSR count). The van der Waals surface area contributed by atoms with Crippen molar-refractivity contribution in [2.75, 3.05) is 13.1 Å². The molecule has 96 valence electrons. The first-order chi connectivity index (χ1) is 8.56. The fourth-order valence-electron chi connectivity index (χ4n) is 2.30. The van der Waals surface area contributed by atoms with Gasteiger partial charge in [0.1, 0.15) is 0 Å². The van der Waals surface area contributed by atoms with Crippen LogP contribution in [0.25, 0.3) is 0 Å². The lowest BCUT2D eigenvalue weighted by atomic mass is 10.1. The van der Waals surface area contributed by atoms with Gasteiger partial charge in [-0.25, -0.2) is 0 Å². The average Bonchev–Trinajstić information content (AvgIpc) is 2.78. The lowest BCUT2D eigenvalue weighted by molar-refractivity contribution is -0.141. The normalized spacial score (nSPS) is 18.9. The van der Waals surface area contributed by atoms with Crippen molar-refractivity contribution < 1.29 is 14.7 Å². The highest BCUT2D eigenvalue weighted by molar-refractivity contribution is 5.80. The fraction of sp³-hybridized carbons (Fsp3) is 0.429. The van der Waals surface area contributed by atoms with Gasteiger partial charge in [0.25, 0.3) is 0 Å². The Morgan fingerprint density at radius 2 is 2.22 bits per heavy atom. The molecule has 1 atom stereocenters. The molecule has 1 aliphatic heterocycles. The Morgan fingerprint density at radius 3 is 2.83 bits per heavy atom. The summed E-state index contributed by atoms with van der Waals surface area (Å²) >= 11 is 0. The van der Waals surface area contributed by atoms with Crippen molar-refractivity contribution in [1.29, 1.82) is 0 Å². The average molecular weight is 247 g/mol. The van der Waals surface area contributed by atoms with Gasteiger partial charge < -0.3 is 10.0 Å². The molecule has 1 aromatic rings. The summed E-state index contributed by atoms with van der Waals surface area (Å²) in [6.45, 7) is 2.89. The summed E-state index contributed by atoms with van der Waals surface area (Å²) in [7, 11) is 0. The maximum Gasteiger partial charge on any atom is 0.308 e. The van der Waals surface area contributed by atoms with E-state index in [4.69, 9.17) is 5.11 Å². The number of carboxylic acid groups (broad SMARTS) is 1. The molecule has 1 saturated heterocycles. The van der Waals surface area contributed by atoms with Crippen LogP contribution in [-0.4, -0.2) is 35.0 Å². The van der Waals surface area contributed by atoms with Crippen LogP contribution in [0.2, 0.25) is 0 Å². The molecular formula is C14H17NO3. The zero-order valence-electron chi connectivity index (χ0n) is 10.4. The summed E-state index contributed by atoms with van der Waals surface area (Å²) in [5, 5.41) is 8.90. The molecule has 0 aromatic heterocycles. The first kappa shape index (κ1) is 12.6. The van der Waals surface area contributed by atoms with E-state index in [1.165, 1.54) is 0 Å². The van der Waals surface area contributed by atoms with Gasteiger partial charge in [0.15, 0.2) is 0 Å². The Morgan fingerprint density at radius 1 is 1.44 bits per heavy atom. The quantitative estimate of drug-likeness (QED) is 0.880. The Bertz CT molecular complexity index is 470. The van der Waals surface area contributed by atoms with E-state index in [-0.39, 0.29) is 5.91 Å². The number of aryl methyl sites for hydroxylation is 1. The van der Waals surface area contributed by atoms with Gasteiger partial charge in [0, 0.05) is 13.1 Å². The molecule has 1 heterocycles. The van der Waals surface area contributed by atoms with Crippen molar-refractivity contribution in [1.82, 2.24) is 4.90 Å². The lowest BCUT2D eigenvalue weighted by Crippen LogP contribution is -2.31. The molecule has 1 aromatic carbocycles. The number of carbonyl (C=O) groups is 2. The van der Waals surface area contributed by atoms with Gasteiger partial charge in [-0.1, -0.05) is 29.8 Å². The van der Waals surface area contributed by atoms with Crippen LogP contribution in [-0.2, 0) is 16.0 Å². The largest absolute Gasteiger partial charge is 0.481 e. The lowest BCUT2D eigenvalue weighted by Gasteiger charge is -2.15. The minimum absolute atomic E-state index is 0.0179. The zero-order chi connectivity index (χ0) is 13.1. The second-order valence-corrected chi connectivity index (χ2v) is 4.83. The van der Waals surface area contributed by atoms with Gasteiger partial charge in [0.05, 0.1) is 12.3 Å². The highest BCUT2D eigenvalue weighted by Crippen LogP contribution is 2.17. The number of carboxylic acids is 1. The van der Waals surface area contributed by atoms with Crippen molar-refractivity contribution in [2.24, 2.45) is 5.92 Å². The standard InChI is InChI=1S/C14H17NO3/c1-10-3-2-4-11(7-10)8-13(16)15-6-5-12(9-15)14(17)18/h2-4,7,12H,5-6,8-9H2,1H3,(H,17,18). The molecule has 1 fully saturated rings. The number of rotatable bonds is 3. The topological polar surface area (TPSA) is 57.6 Å². The molecule has 0 bridgehead atoms. The number of likely N-dealkylation sites (tertiary alicyclic amines) is 1. The van der Waals surface area contributed by atoms with E-state index < -0.39 is 11.9 Å². The summed E-state index contributed by atoms with van der Waals surface area (Å²) < 4.78 is 0. The van der Waals surface area contributed by atoms with Crippen molar-refractivity contribution >= 4 is 11.9 Å². The summed E-state index contributed by atoms with van der Waals surface area (Å²) in [6, 6.07) is 7.84. The Balaban J connectivity index is 1.95. The predicted molar refractivity (Wildman–Crippen MR) is 67.2 cm³/mol. The number of amides is 1. The fourth-order valence-corrected chi connectivity index (χ4v) is 2.30. The minimum Gasteiger partial charge on any atom is -0.481 e. The molecule has 18 heavy (non-hydrogen) atoms. The number of benzene rings is 1. The summed E-state index contributed by atoms with van der Waals surface area (Å²) in [4.78, 5) is 24.5. The summed E-state index contributed by atoms with van der Waals surface area (Å²) in [5.74, 6) is -1.18. The van der Waals surface area contributed by atoms with Crippen LogP contribution in [0.15, 0.2) is 24.3 Å². The Labute approximate surface area is 106 Å². The molecule has 1 amide bonds. The van der Waals surface area contributed by atoms with Crippen LogP contribution in [0.4, 0.5) is 0 Å². The SMILES string of the molecule is Cc1cccc(CC(=O)N2CCC(C(=O)O)C2)c1. The third-order valence-corrected chi connectivity index (χ3v) is 3.33. The highest BCUT2D eigenvalue weighted by Gasteiger charge is 2.30. The third-order valence-electron chi connectivity index (χ3n) is 3.33. The number of hydrogen-bond acceptors (Lipinski definition) is 2. The monoisotopic (exact) mass is 247 g/mol. The maximum absolute atomic E-state index is 12.0. The van der Waals surface area contributed by atoms with Gasteiger partial charge >= 0.3 is 5.97 Å². The molecule has 0 radical (unpaired) electrons. The number of hydrogen-bond donors (Lipinski definition) is 1. The van der Waals surface area contributed by atoms with E-state index in [2.05, 4.69) is 0 Å². The molecule has 1 N–H and O–H groups in total. The van der Waals surface area contributed by atoms with Gasteiger partial charge in [-0.3, -0.25) is 9.59 Å². The van der Waals surface area contributed by atoms with E-state index in [9.17, 15) is 9.59 Å². The van der Waals surface area contributed by atoms with E-state index >= 15 is 0 Å². The Hall–Kier alpha value is -1.84. The first-order valence-electron chi connectivity index (χ1n) is 6.12. The number of carbonyl (C=O) groups excluding carboxylic acids is 1. The molecule has 4 heteroatoms. The van der Waals surface area contributed by atoms with Gasteiger partial charge in [0.2, 0.25) is 5.91 Å². The van der Waals surface area contributed by atoms with E-state index in [1.54, 1.807) is 4.90 Å². The van der Waals surface area contributed by atoms with Crippen LogP contribution in [0.3, 0.4) is 0 Å². The van der Waals surface area contributed by atoms with Gasteiger partial charge in [-0.2, -0.15) is 0 Å². The second kappa shape index (κ2) is 5.21. The van der Waals surface area contributed by atoms with Crippen molar-refractivity contribution in [3.8, 4) is 0 Å². The molecule has 0 saturated carbocycles. The van der Waals surface area contributed by atoms with Crippen LogP contribution in [0, 0.1) is 12.8 Å². The summed E-state index contributed by atoms with van der Waals surface area (Å²) in [6.07, 6.45) is 0.920. The number of nitrogens with zero attached hydrogens (tertiary/aromatic N) is 1. The van der Waals surface area contributed by atoms with E-state index in [1.807, 2.05) is 31.2 Å². The predicted octanol–water partition coefficient (Wildman–Crippen LogP) is 1.47. The van der Waals surface area contributed by atoms with Crippen LogP contribution in [0.5, 0.6) is 0 Å². The van der Waals surface area contributed by atoms with E-state index in [0.717, 1.165) is 11.1 Å². The second-order valence-electron chi connectivity index (χ2n) is 4.83. The zero-order valence-corrected chi connectivity index (χ0v) is 10.4. The van der Waals surface area contributed by atoms with Crippen LogP contribution in [0.1, 0.15) is 17.5 Å². The van der Waals surface area contributed by atoms with Crippen molar-refractivity contribution in [2.45, 2.75) is 19.8 Å². The molecule has 1 aliphatic rings. The van der Waals surface area contributed by atoms with Gasteiger partial charge in [-0.05, 0) is 18.9 Å². The smallest absolute Gasteiger partial charge is 0.308 e. The number of aliphatic carboxylic acids is 1. The first-order valence-corrected chi connectivity index (χ1v) is 6.12. The molecule has 4 nitrogen and oxygen atoms in total. The van der Waals surface area contributed by atoms with Crippen molar-refractivity contribution in [3.05, 3.63) is 35.4 Å². The van der Waals surface area contributed by atoms with Crippen molar-refractivity contribution in [3.63, 3.8) is 0 Å². The maximum atomic E-state index is 12.0. The molecule has 0 aliphatic carbocycles. The minimum atomic E-state index is -0.805. The molecule has 0 spiro atoms. The molecule has 1 unspecified atom stereocenters. The van der Waals surface area contributed by atoms with Gasteiger partial charge in [-0.15, -0.1) is 0 Å². The molecular weight excluding hydrogens is 230 g/mol.